The fraction of sp³-hybridized carbons (Fsp3) is 1.00. The molecular weight excluding hydrogens is 300 g/mol. The molecule has 2 aliphatic rings. The van der Waals surface area contributed by atoms with Crippen molar-refractivity contribution in [1.29, 1.82) is 0 Å². The van der Waals surface area contributed by atoms with Crippen LogP contribution in [-0.2, 0) is 0 Å². The van der Waals surface area contributed by atoms with Crippen LogP contribution >= 0.6 is 47.0 Å². The van der Waals surface area contributed by atoms with Gasteiger partial charge in [0.2, 0.25) is 0 Å². The number of hydrogen-bond donors (Lipinski definition) is 1. The number of thioether (sulfide) groups is 4. The molecule has 5 heteroatoms. The van der Waals surface area contributed by atoms with E-state index < -0.39 is 0 Å². The van der Waals surface area contributed by atoms with Gasteiger partial charge in [0.05, 0.1) is 8.16 Å². The van der Waals surface area contributed by atoms with Crippen LogP contribution < -0.4 is 0 Å². The molecule has 0 aromatic carbocycles. The van der Waals surface area contributed by atoms with Crippen molar-refractivity contribution in [2.75, 3.05) is 23.0 Å². The van der Waals surface area contributed by atoms with Crippen LogP contribution in [0.15, 0.2) is 0 Å². The van der Waals surface area contributed by atoms with E-state index in [1.54, 1.807) is 0 Å². The molecule has 0 bridgehead atoms. The quantitative estimate of drug-likeness (QED) is 0.829. The summed E-state index contributed by atoms with van der Waals surface area (Å²) < 4.78 is 0.0944. The highest BCUT2D eigenvalue weighted by Crippen LogP contribution is 2.57. The van der Waals surface area contributed by atoms with Gasteiger partial charge >= 0.3 is 0 Å². The van der Waals surface area contributed by atoms with Gasteiger partial charge in [-0.05, 0) is 48.7 Å². The average Bonchev–Trinajstić information content (AvgIpc) is 2.48. The lowest BCUT2D eigenvalue weighted by atomic mass is 10.1. The summed E-state index contributed by atoms with van der Waals surface area (Å²) in [5, 5.41) is 11.1. The van der Waals surface area contributed by atoms with Gasteiger partial charge in [0.1, 0.15) is 6.10 Å². The molecule has 2 heterocycles. The highest BCUT2D eigenvalue weighted by Gasteiger charge is 2.51. The summed E-state index contributed by atoms with van der Waals surface area (Å²) in [6, 6.07) is 0. The Hall–Kier alpha value is 1.36. The summed E-state index contributed by atoms with van der Waals surface area (Å²) in [5.41, 5.74) is 0. The van der Waals surface area contributed by atoms with E-state index >= 15 is 0 Å². The summed E-state index contributed by atoms with van der Waals surface area (Å²) in [6.07, 6.45) is 4.55. The fourth-order valence-electron chi connectivity index (χ4n) is 2.63. The lowest BCUT2D eigenvalue weighted by Gasteiger charge is -2.49. The van der Waals surface area contributed by atoms with E-state index in [1.807, 2.05) is 47.0 Å². The van der Waals surface area contributed by atoms with Crippen LogP contribution in [0, 0.1) is 0 Å². The maximum atomic E-state index is 11.1. The maximum absolute atomic E-state index is 11.1. The van der Waals surface area contributed by atoms with E-state index in [1.165, 1.54) is 35.9 Å². The van der Waals surface area contributed by atoms with Crippen molar-refractivity contribution in [3.8, 4) is 0 Å². The fourth-order valence-corrected chi connectivity index (χ4v) is 9.75. The summed E-state index contributed by atoms with van der Waals surface area (Å²) in [6.45, 7) is 4.49. The number of aliphatic hydroxyl groups is 1. The topological polar surface area (TPSA) is 20.2 Å². The van der Waals surface area contributed by atoms with Gasteiger partial charge in [-0.2, -0.15) is 0 Å². The molecule has 0 aromatic heterocycles. The molecule has 2 aliphatic heterocycles. The third-order valence-corrected chi connectivity index (χ3v) is 11.2. The molecule has 0 unspecified atom stereocenters. The van der Waals surface area contributed by atoms with Crippen molar-refractivity contribution < 1.29 is 5.11 Å². The minimum Gasteiger partial charge on any atom is -0.388 e. The van der Waals surface area contributed by atoms with E-state index in [4.69, 9.17) is 0 Å². The lowest BCUT2D eigenvalue weighted by molar-refractivity contribution is 0.143. The summed E-state index contributed by atoms with van der Waals surface area (Å²) in [4.78, 5) is 0. The highest BCUT2D eigenvalue weighted by molar-refractivity contribution is 8.20. The van der Waals surface area contributed by atoms with Gasteiger partial charge in [0.25, 0.3) is 0 Å². The van der Waals surface area contributed by atoms with Gasteiger partial charge in [-0.15, -0.1) is 47.0 Å². The molecule has 2 rings (SSSR count). The van der Waals surface area contributed by atoms with Gasteiger partial charge in [0, 0.05) is 0 Å². The molecule has 0 amide bonds. The molecule has 18 heavy (non-hydrogen) atoms. The van der Waals surface area contributed by atoms with Crippen molar-refractivity contribution >= 4 is 47.0 Å². The van der Waals surface area contributed by atoms with E-state index in [0.717, 1.165) is 12.8 Å². The van der Waals surface area contributed by atoms with Gasteiger partial charge in [-0.25, -0.2) is 0 Å². The van der Waals surface area contributed by atoms with Gasteiger partial charge in [-0.3, -0.25) is 0 Å². The van der Waals surface area contributed by atoms with E-state index in [0.29, 0.717) is 0 Å². The van der Waals surface area contributed by atoms with Crippen molar-refractivity contribution in [3.63, 3.8) is 0 Å². The second-order valence-corrected chi connectivity index (χ2v) is 11.1. The van der Waals surface area contributed by atoms with Crippen LogP contribution in [0.25, 0.3) is 0 Å². The molecule has 0 spiro atoms. The molecule has 1 nitrogen and oxygen atoms in total. The van der Waals surface area contributed by atoms with Crippen molar-refractivity contribution in [1.82, 2.24) is 0 Å². The number of aliphatic hydroxyl groups excluding tert-OH is 1. The Kier molecular flexibility index (Phi) is 6.02. The van der Waals surface area contributed by atoms with E-state index in [2.05, 4.69) is 13.8 Å². The monoisotopic (exact) mass is 324 g/mol. The first-order valence-corrected chi connectivity index (χ1v) is 10.9. The first-order chi connectivity index (χ1) is 8.69. The maximum Gasteiger partial charge on any atom is 0.102 e. The molecular formula is C13H24OS4. The zero-order valence-corrected chi connectivity index (χ0v) is 14.6. The number of hydrogen-bond acceptors (Lipinski definition) is 5. The summed E-state index contributed by atoms with van der Waals surface area (Å²) >= 11 is 8.05. The van der Waals surface area contributed by atoms with Gasteiger partial charge < -0.3 is 5.11 Å². The Balaban J connectivity index is 2.17. The van der Waals surface area contributed by atoms with Crippen molar-refractivity contribution in [2.24, 2.45) is 0 Å². The molecule has 106 valence electrons. The third-order valence-electron chi connectivity index (χ3n) is 3.78. The van der Waals surface area contributed by atoms with Crippen LogP contribution in [0.1, 0.15) is 39.5 Å². The van der Waals surface area contributed by atoms with Crippen molar-refractivity contribution in [3.05, 3.63) is 0 Å². The van der Waals surface area contributed by atoms with Gasteiger partial charge in [-0.1, -0.05) is 13.8 Å². The Morgan fingerprint density at radius 1 is 0.833 bits per heavy atom. The molecule has 1 N–H and O–H groups in total. The first kappa shape index (κ1) is 15.7. The van der Waals surface area contributed by atoms with Crippen LogP contribution in [0.2, 0.25) is 0 Å². The molecule has 0 aromatic rings. The second-order valence-electron chi connectivity index (χ2n) is 4.83. The molecule has 0 atom stereocenters. The predicted molar refractivity (Wildman–Crippen MR) is 91.1 cm³/mol. The van der Waals surface area contributed by atoms with Crippen LogP contribution in [0.4, 0.5) is 0 Å². The SMILES string of the molecule is CCC1(C(O)C2(CC)SCCCS2)SCCCS1. The minimum absolute atomic E-state index is 0.0472. The lowest BCUT2D eigenvalue weighted by Crippen LogP contribution is -2.51. The number of rotatable bonds is 4. The first-order valence-electron chi connectivity index (χ1n) is 6.93. The minimum atomic E-state index is -0.189. The Morgan fingerprint density at radius 3 is 1.44 bits per heavy atom. The average molecular weight is 325 g/mol. The van der Waals surface area contributed by atoms with E-state index in [-0.39, 0.29) is 14.3 Å². The molecule has 2 fully saturated rings. The zero-order valence-electron chi connectivity index (χ0n) is 11.3. The van der Waals surface area contributed by atoms with Crippen LogP contribution in [-0.4, -0.2) is 42.4 Å². The van der Waals surface area contributed by atoms with E-state index in [9.17, 15) is 5.11 Å². The second kappa shape index (κ2) is 6.88. The molecule has 0 aliphatic carbocycles. The third kappa shape index (κ3) is 3.00. The summed E-state index contributed by atoms with van der Waals surface area (Å²) in [7, 11) is 0. The Morgan fingerprint density at radius 2 is 1.17 bits per heavy atom. The largest absolute Gasteiger partial charge is 0.388 e. The van der Waals surface area contributed by atoms with Crippen LogP contribution in [0.5, 0.6) is 0 Å². The summed E-state index contributed by atoms with van der Waals surface area (Å²) in [5.74, 6) is 4.86. The smallest absolute Gasteiger partial charge is 0.102 e. The molecule has 0 saturated carbocycles. The van der Waals surface area contributed by atoms with Crippen molar-refractivity contribution in [2.45, 2.75) is 53.8 Å². The van der Waals surface area contributed by atoms with Gasteiger partial charge in [0.15, 0.2) is 0 Å². The normalized spacial score (nSPS) is 27.3. The standard InChI is InChI=1S/C13H24OS4/c1-3-12(15-7-5-8-16-12)11(14)13(4-2)17-9-6-10-18-13/h11,14H,3-10H2,1-2H3. The van der Waals surface area contributed by atoms with Crippen LogP contribution in [0.3, 0.4) is 0 Å². The predicted octanol–water partition coefficient (Wildman–Crippen LogP) is 4.30. The molecule has 2 saturated heterocycles. The Labute approximate surface area is 128 Å². The zero-order chi connectivity index (χ0) is 13.1. The highest BCUT2D eigenvalue weighted by atomic mass is 32.2. The Bertz CT molecular complexity index is 234. The molecule has 0 radical (unpaired) electrons.